The first-order valence-electron chi connectivity index (χ1n) is 13.4. The molecule has 0 unspecified atom stereocenters. The molecule has 0 spiro atoms. The van der Waals surface area contributed by atoms with Gasteiger partial charge in [-0.25, -0.2) is 14.8 Å². The van der Waals surface area contributed by atoms with Crippen molar-refractivity contribution in [3.05, 3.63) is 47.8 Å². The lowest BCUT2D eigenvalue weighted by atomic mass is 9.98. The first-order valence-corrected chi connectivity index (χ1v) is 13.4. The van der Waals surface area contributed by atoms with Crippen LogP contribution in [0.1, 0.15) is 50.9 Å². The number of fused-ring (bicyclic) bond motifs is 3. The molecule has 11 heteroatoms. The Morgan fingerprint density at radius 1 is 1.02 bits per heavy atom. The lowest BCUT2D eigenvalue weighted by Gasteiger charge is -2.33. The van der Waals surface area contributed by atoms with Gasteiger partial charge in [0, 0.05) is 48.6 Å². The SMILES string of the molecule is COc1ccc(CNc2nc3cc(OC)ccc3c3nc([C@@H]4CCCN(C(=O)OC(C)(C)C)C4)nn23)c(OC)c1. The van der Waals surface area contributed by atoms with E-state index in [-0.39, 0.29) is 12.0 Å². The Hall–Kier alpha value is -4.28. The largest absolute Gasteiger partial charge is 0.497 e. The highest BCUT2D eigenvalue weighted by molar-refractivity contribution is 5.93. The third-order valence-electron chi connectivity index (χ3n) is 6.87. The van der Waals surface area contributed by atoms with E-state index in [1.807, 2.05) is 57.2 Å². The van der Waals surface area contributed by atoms with Crippen LogP contribution in [-0.2, 0) is 11.3 Å². The number of piperidine rings is 1. The molecule has 11 nitrogen and oxygen atoms in total. The Kier molecular flexibility index (Phi) is 7.55. The van der Waals surface area contributed by atoms with Crippen molar-refractivity contribution in [2.75, 3.05) is 39.7 Å². The van der Waals surface area contributed by atoms with Gasteiger partial charge in [-0.05, 0) is 57.9 Å². The minimum atomic E-state index is -0.551. The highest BCUT2D eigenvalue weighted by Gasteiger charge is 2.31. The topological polar surface area (TPSA) is 112 Å². The number of hydrogen-bond donors (Lipinski definition) is 1. The van der Waals surface area contributed by atoms with E-state index >= 15 is 0 Å². The second-order valence-corrected chi connectivity index (χ2v) is 10.8. The van der Waals surface area contributed by atoms with Crippen molar-refractivity contribution < 1.29 is 23.7 Å². The number of aromatic nitrogens is 4. The average Bonchev–Trinajstić information content (AvgIpc) is 3.40. The van der Waals surface area contributed by atoms with Gasteiger partial charge in [0.05, 0.1) is 26.8 Å². The normalized spacial score (nSPS) is 15.8. The van der Waals surface area contributed by atoms with Gasteiger partial charge >= 0.3 is 6.09 Å². The molecule has 0 radical (unpaired) electrons. The van der Waals surface area contributed by atoms with E-state index in [0.29, 0.717) is 54.3 Å². The number of ether oxygens (including phenoxy) is 4. The predicted molar refractivity (Wildman–Crippen MR) is 151 cm³/mol. The molecule has 2 aromatic carbocycles. The van der Waals surface area contributed by atoms with E-state index in [2.05, 4.69) is 5.32 Å². The molecule has 1 saturated heterocycles. The minimum Gasteiger partial charge on any atom is -0.497 e. The summed E-state index contributed by atoms with van der Waals surface area (Å²) >= 11 is 0. The molecule has 0 saturated carbocycles. The summed E-state index contributed by atoms with van der Waals surface area (Å²) in [7, 11) is 4.88. The van der Waals surface area contributed by atoms with Gasteiger partial charge in [-0.1, -0.05) is 0 Å². The van der Waals surface area contributed by atoms with Crippen LogP contribution in [0.25, 0.3) is 16.6 Å². The number of methoxy groups -OCH3 is 3. The fourth-order valence-corrected chi connectivity index (χ4v) is 4.87. The van der Waals surface area contributed by atoms with Gasteiger partial charge in [0.15, 0.2) is 11.5 Å². The Bertz CT molecular complexity index is 1530. The van der Waals surface area contributed by atoms with E-state index in [1.165, 1.54) is 0 Å². The second kappa shape index (κ2) is 11.1. The summed E-state index contributed by atoms with van der Waals surface area (Å²) in [6.07, 6.45) is 1.41. The molecule has 0 aliphatic carbocycles. The van der Waals surface area contributed by atoms with Crippen LogP contribution in [0, 0.1) is 0 Å². The fraction of sp³-hybridized carbons (Fsp3) is 0.448. The number of amides is 1. The number of hydrogen-bond acceptors (Lipinski definition) is 9. The van der Waals surface area contributed by atoms with E-state index in [0.717, 1.165) is 29.3 Å². The Morgan fingerprint density at radius 2 is 1.77 bits per heavy atom. The molecule has 1 N–H and O–H groups in total. The van der Waals surface area contributed by atoms with E-state index in [1.54, 1.807) is 30.7 Å². The molecule has 5 rings (SSSR count). The van der Waals surface area contributed by atoms with Crippen molar-refractivity contribution in [1.82, 2.24) is 24.5 Å². The van der Waals surface area contributed by atoms with Gasteiger partial charge in [-0.2, -0.15) is 4.52 Å². The van der Waals surface area contributed by atoms with Gasteiger partial charge in [0.2, 0.25) is 5.95 Å². The Morgan fingerprint density at radius 3 is 2.50 bits per heavy atom. The molecule has 40 heavy (non-hydrogen) atoms. The van der Waals surface area contributed by atoms with Gasteiger partial charge in [-0.15, -0.1) is 5.10 Å². The van der Waals surface area contributed by atoms with Gasteiger partial charge in [-0.3, -0.25) is 0 Å². The number of nitrogens with one attached hydrogen (secondary N) is 1. The van der Waals surface area contributed by atoms with Crippen LogP contribution in [0.5, 0.6) is 17.2 Å². The molecule has 3 heterocycles. The van der Waals surface area contributed by atoms with Crippen molar-refractivity contribution in [2.45, 2.75) is 51.7 Å². The summed E-state index contributed by atoms with van der Waals surface area (Å²) in [5.41, 5.74) is 1.80. The zero-order chi connectivity index (χ0) is 28.4. The van der Waals surface area contributed by atoms with Crippen molar-refractivity contribution in [2.24, 2.45) is 0 Å². The fourth-order valence-electron chi connectivity index (χ4n) is 4.87. The molecular formula is C29H36N6O5. The van der Waals surface area contributed by atoms with Crippen LogP contribution in [0.4, 0.5) is 10.7 Å². The number of anilines is 1. The summed E-state index contributed by atoms with van der Waals surface area (Å²) in [4.78, 5) is 24.4. The zero-order valence-electron chi connectivity index (χ0n) is 23.9. The van der Waals surface area contributed by atoms with Crippen LogP contribution in [0.15, 0.2) is 36.4 Å². The molecule has 212 valence electrons. The summed E-state index contributed by atoms with van der Waals surface area (Å²) in [6.45, 7) is 7.21. The van der Waals surface area contributed by atoms with Crippen molar-refractivity contribution >= 4 is 28.6 Å². The van der Waals surface area contributed by atoms with Crippen molar-refractivity contribution in [1.29, 1.82) is 0 Å². The van der Waals surface area contributed by atoms with E-state index in [4.69, 9.17) is 34.0 Å². The average molecular weight is 549 g/mol. The summed E-state index contributed by atoms with van der Waals surface area (Å²) < 4.78 is 23.7. The number of carbonyl (C=O) groups excluding carboxylic acids is 1. The second-order valence-electron chi connectivity index (χ2n) is 10.8. The minimum absolute atomic E-state index is 0.0241. The summed E-state index contributed by atoms with van der Waals surface area (Å²) in [5, 5.41) is 9.17. The smallest absolute Gasteiger partial charge is 0.410 e. The quantitative estimate of drug-likeness (QED) is 0.340. The number of rotatable bonds is 7. The molecule has 2 aromatic heterocycles. The van der Waals surface area contributed by atoms with E-state index < -0.39 is 5.60 Å². The first-order chi connectivity index (χ1) is 19.2. The predicted octanol–water partition coefficient (Wildman–Crippen LogP) is 5.03. The lowest BCUT2D eigenvalue weighted by molar-refractivity contribution is 0.0196. The Balaban J connectivity index is 1.50. The van der Waals surface area contributed by atoms with Crippen molar-refractivity contribution in [3.63, 3.8) is 0 Å². The molecule has 4 aromatic rings. The molecule has 1 amide bonds. The van der Waals surface area contributed by atoms with Gasteiger partial charge < -0.3 is 29.2 Å². The number of likely N-dealkylation sites (tertiary alicyclic amines) is 1. The maximum Gasteiger partial charge on any atom is 0.410 e. The molecule has 1 aliphatic heterocycles. The van der Waals surface area contributed by atoms with Gasteiger partial charge in [0.25, 0.3) is 0 Å². The molecule has 0 bridgehead atoms. The monoisotopic (exact) mass is 548 g/mol. The lowest BCUT2D eigenvalue weighted by Crippen LogP contribution is -2.42. The maximum atomic E-state index is 12.8. The van der Waals surface area contributed by atoms with Crippen LogP contribution in [0.3, 0.4) is 0 Å². The molecule has 1 fully saturated rings. The summed E-state index contributed by atoms with van der Waals surface area (Å²) in [5.74, 6) is 3.30. The number of carbonyl (C=O) groups is 1. The van der Waals surface area contributed by atoms with Crippen LogP contribution in [0.2, 0.25) is 0 Å². The highest BCUT2D eigenvalue weighted by atomic mass is 16.6. The Labute approximate surface area is 233 Å². The molecule has 1 atom stereocenters. The maximum absolute atomic E-state index is 12.8. The standard InChI is InChI=1S/C29H36N6O5/c1-29(2,3)40-28(36)34-13-7-8-19(17-34)25-32-26-22-12-11-20(37-4)14-23(22)31-27(35(26)33-25)30-16-18-9-10-21(38-5)15-24(18)39-6/h9-12,14-15,19H,7-8,13,16-17H2,1-6H3,(H,30,31)/t19-/m1/s1. The zero-order valence-corrected chi connectivity index (χ0v) is 23.9. The summed E-state index contributed by atoms with van der Waals surface area (Å²) in [6, 6.07) is 11.4. The number of nitrogens with zero attached hydrogens (tertiary/aromatic N) is 5. The first kappa shape index (κ1) is 27.3. The van der Waals surface area contributed by atoms with Gasteiger partial charge in [0.1, 0.15) is 22.8 Å². The van der Waals surface area contributed by atoms with E-state index in [9.17, 15) is 4.79 Å². The highest BCUT2D eigenvalue weighted by Crippen LogP contribution is 2.31. The van der Waals surface area contributed by atoms with Crippen LogP contribution in [-0.4, -0.2) is 70.6 Å². The van der Waals surface area contributed by atoms with Crippen molar-refractivity contribution in [3.8, 4) is 17.2 Å². The third kappa shape index (κ3) is 5.68. The number of benzene rings is 2. The molecular weight excluding hydrogens is 512 g/mol. The van der Waals surface area contributed by atoms with Crippen LogP contribution < -0.4 is 19.5 Å². The third-order valence-corrected chi connectivity index (χ3v) is 6.87. The molecule has 1 aliphatic rings. The van der Waals surface area contributed by atoms with Crippen LogP contribution >= 0.6 is 0 Å².